The molecule has 1 aromatic rings. The molecule has 5 heteroatoms. The van der Waals surface area contributed by atoms with Gasteiger partial charge < -0.3 is 5.73 Å². The minimum absolute atomic E-state index is 0. The molecule has 2 N–H and O–H groups in total. The lowest BCUT2D eigenvalue weighted by Crippen LogP contribution is -2.31. The van der Waals surface area contributed by atoms with Gasteiger partial charge in [0.05, 0.1) is 0 Å². The van der Waals surface area contributed by atoms with Gasteiger partial charge in [-0.2, -0.15) is 0 Å². The number of halogens is 3. The minimum atomic E-state index is 0. The van der Waals surface area contributed by atoms with Gasteiger partial charge in [-0.25, -0.2) is 0 Å². The summed E-state index contributed by atoms with van der Waals surface area (Å²) in [6.07, 6.45) is 1.18. The third kappa shape index (κ3) is 3.84. The zero-order chi connectivity index (χ0) is 12.5. The molecule has 0 saturated carbocycles. The first-order chi connectivity index (χ1) is 8.02. The Kier molecular flexibility index (Phi) is 5.94. The summed E-state index contributed by atoms with van der Waals surface area (Å²) in [5.74, 6) is 0. The van der Waals surface area contributed by atoms with Crippen molar-refractivity contribution in [1.29, 1.82) is 0 Å². The van der Waals surface area contributed by atoms with Crippen LogP contribution in [-0.4, -0.2) is 24.5 Å². The number of benzene rings is 1. The van der Waals surface area contributed by atoms with Gasteiger partial charge in [-0.1, -0.05) is 40.5 Å². The van der Waals surface area contributed by atoms with E-state index in [1.165, 1.54) is 12.0 Å². The zero-order valence-electron chi connectivity index (χ0n) is 10.5. The Morgan fingerprint density at radius 2 is 2.22 bits per heavy atom. The van der Waals surface area contributed by atoms with E-state index in [1.807, 2.05) is 12.1 Å². The maximum atomic E-state index is 6.23. The molecule has 0 aliphatic carbocycles. The van der Waals surface area contributed by atoms with Crippen molar-refractivity contribution >= 4 is 39.9 Å². The van der Waals surface area contributed by atoms with Crippen LogP contribution in [0.2, 0.25) is 5.02 Å². The van der Waals surface area contributed by atoms with Crippen LogP contribution >= 0.6 is 39.9 Å². The fourth-order valence-electron chi connectivity index (χ4n) is 2.32. The molecule has 2 nitrogen and oxygen atoms in total. The molecule has 0 amide bonds. The average molecular weight is 354 g/mol. The Morgan fingerprint density at radius 1 is 1.50 bits per heavy atom. The van der Waals surface area contributed by atoms with E-state index in [4.69, 9.17) is 17.3 Å². The van der Waals surface area contributed by atoms with Crippen LogP contribution < -0.4 is 5.73 Å². The zero-order valence-corrected chi connectivity index (χ0v) is 13.6. The summed E-state index contributed by atoms with van der Waals surface area (Å²) in [5.41, 5.74) is 7.28. The summed E-state index contributed by atoms with van der Waals surface area (Å²) in [5, 5.41) is 0.834. The van der Waals surface area contributed by atoms with E-state index in [1.54, 1.807) is 0 Å². The summed E-state index contributed by atoms with van der Waals surface area (Å²) in [7, 11) is 0. The maximum Gasteiger partial charge on any atom is 0.0462 e. The molecule has 0 radical (unpaired) electrons. The lowest BCUT2D eigenvalue weighted by Gasteiger charge is -2.22. The third-order valence-electron chi connectivity index (χ3n) is 3.54. The predicted molar refractivity (Wildman–Crippen MR) is 83.5 cm³/mol. The van der Waals surface area contributed by atoms with Gasteiger partial charge in [0.15, 0.2) is 0 Å². The standard InChI is InChI=1S/C13H18BrClN2.ClH/c1-13(8-16)4-5-17(9-13)7-10-2-3-11(14)6-12(10)15;/h2-3,6H,4-5,7-9,16H2,1H3;1H. The third-order valence-corrected chi connectivity index (χ3v) is 4.38. The average Bonchev–Trinajstić information content (AvgIpc) is 2.66. The summed E-state index contributed by atoms with van der Waals surface area (Å²) >= 11 is 9.66. The van der Waals surface area contributed by atoms with Gasteiger partial charge in [-0.15, -0.1) is 12.4 Å². The molecular formula is C13H19BrCl2N2. The highest BCUT2D eigenvalue weighted by Crippen LogP contribution is 2.31. The molecule has 18 heavy (non-hydrogen) atoms. The van der Waals surface area contributed by atoms with Crippen LogP contribution in [0, 0.1) is 5.41 Å². The van der Waals surface area contributed by atoms with Crippen LogP contribution in [-0.2, 0) is 6.54 Å². The van der Waals surface area contributed by atoms with Crippen molar-refractivity contribution in [3.05, 3.63) is 33.3 Å². The molecule has 102 valence electrons. The lowest BCUT2D eigenvalue weighted by molar-refractivity contribution is 0.274. The lowest BCUT2D eigenvalue weighted by atomic mass is 9.90. The van der Waals surface area contributed by atoms with Crippen LogP contribution in [0.3, 0.4) is 0 Å². The molecule has 1 aromatic carbocycles. The van der Waals surface area contributed by atoms with Crippen molar-refractivity contribution in [3.8, 4) is 0 Å². The van der Waals surface area contributed by atoms with Crippen molar-refractivity contribution < 1.29 is 0 Å². The highest BCUT2D eigenvalue weighted by molar-refractivity contribution is 9.10. The normalized spacial score (nSPS) is 24.0. The molecule has 1 atom stereocenters. The van der Waals surface area contributed by atoms with Crippen molar-refractivity contribution in [2.24, 2.45) is 11.1 Å². The molecule has 0 aromatic heterocycles. The predicted octanol–water partition coefficient (Wildman–Crippen LogP) is 3.70. The molecule has 0 bridgehead atoms. The van der Waals surface area contributed by atoms with Crippen LogP contribution in [0.25, 0.3) is 0 Å². The Labute approximate surface area is 128 Å². The number of rotatable bonds is 3. The molecule has 2 rings (SSSR count). The van der Waals surface area contributed by atoms with Crippen molar-refractivity contribution in [1.82, 2.24) is 4.90 Å². The van der Waals surface area contributed by atoms with Crippen molar-refractivity contribution in [3.63, 3.8) is 0 Å². The largest absolute Gasteiger partial charge is 0.330 e. The number of hydrogen-bond donors (Lipinski definition) is 1. The van der Waals surface area contributed by atoms with E-state index in [2.05, 4.69) is 33.8 Å². The van der Waals surface area contributed by atoms with Crippen molar-refractivity contribution in [2.45, 2.75) is 19.9 Å². The van der Waals surface area contributed by atoms with Gasteiger partial charge in [-0.05, 0) is 42.6 Å². The van der Waals surface area contributed by atoms with Gasteiger partial charge in [0.2, 0.25) is 0 Å². The Balaban J connectivity index is 0.00000162. The van der Waals surface area contributed by atoms with Crippen LogP contribution in [0.5, 0.6) is 0 Å². The van der Waals surface area contributed by atoms with E-state index in [-0.39, 0.29) is 17.8 Å². The first kappa shape index (κ1) is 16.3. The molecular weight excluding hydrogens is 335 g/mol. The highest BCUT2D eigenvalue weighted by Gasteiger charge is 2.32. The minimum Gasteiger partial charge on any atom is -0.330 e. The second-order valence-corrected chi connectivity index (χ2v) is 6.53. The second kappa shape index (κ2) is 6.58. The monoisotopic (exact) mass is 352 g/mol. The van der Waals surface area contributed by atoms with Gasteiger partial charge in [-0.3, -0.25) is 4.90 Å². The Morgan fingerprint density at radius 3 is 2.78 bits per heavy atom. The van der Waals surface area contributed by atoms with Crippen LogP contribution in [0.1, 0.15) is 18.9 Å². The van der Waals surface area contributed by atoms with Gasteiger partial charge in [0.1, 0.15) is 0 Å². The molecule has 1 heterocycles. The fourth-order valence-corrected chi connectivity index (χ4v) is 3.05. The SMILES string of the molecule is CC1(CN)CCN(Cc2ccc(Br)cc2Cl)C1.Cl. The van der Waals surface area contributed by atoms with E-state index < -0.39 is 0 Å². The first-order valence-electron chi connectivity index (χ1n) is 5.89. The number of nitrogens with zero attached hydrogens (tertiary/aromatic N) is 1. The van der Waals surface area contributed by atoms with Gasteiger partial charge in [0.25, 0.3) is 0 Å². The molecule has 1 fully saturated rings. The summed E-state index contributed by atoms with van der Waals surface area (Å²) < 4.78 is 1.03. The molecule has 1 aliphatic rings. The molecule has 1 saturated heterocycles. The molecule has 0 spiro atoms. The van der Waals surface area contributed by atoms with Crippen molar-refractivity contribution in [2.75, 3.05) is 19.6 Å². The smallest absolute Gasteiger partial charge is 0.0462 e. The van der Waals surface area contributed by atoms with E-state index in [0.29, 0.717) is 0 Å². The Bertz CT molecular complexity index is 414. The summed E-state index contributed by atoms with van der Waals surface area (Å²) in [6, 6.07) is 6.08. The van der Waals surface area contributed by atoms with Gasteiger partial charge in [0, 0.05) is 22.6 Å². The first-order valence-corrected chi connectivity index (χ1v) is 7.06. The second-order valence-electron chi connectivity index (χ2n) is 5.21. The van der Waals surface area contributed by atoms with E-state index in [0.717, 1.165) is 35.7 Å². The highest BCUT2D eigenvalue weighted by atomic mass is 79.9. The molecule has 1 unspecified atom stereocenters. The Hall–Kier alpha value is 0.200. The summed E-state index contributed by atoms with van der Waals surface area (Å²) in [4.78, 5) is 2.43. The fraction of sp³-hybridized carbons (Fsp3) is 0.538. The van der Waals surface area contributed by atoms with E-state index in [9.17, 15) is 0 Å². The summed E-state index contributed by atoms with van der Waals surface area (Å²) in [6.45, 7) is 6.12. The van der Waals surface area contributed by atoms with Gasteiger partial charge >= 0.3 is 0 Å². The quantitative estimate of drug-likeness (QED) is 0.897. The number of likely N-dealkylation sites (tertiary alicyclic amines) is 1. The van der Waals surface area contributed by atoms with E-state index >= 15 is 0 Å². The maximum absolute atomic E-state index is 6.23. The number of nitrogens with two attached hydrogens (primary N) is 1. The van der Waals surface area contributed by atoms with Crippen LogP contribution in [0.15, 0.2) is 22.7 Å². The molecule has 1 aliphatic heterocycles. The van der Waals surface area contributed by atoms with Crippen LogP contribution in [0.4, 0.5) is 0 Å². The number of hydrogen-bond acceptors (Lipinski definition) is 2. The topological polar surface area (TPSA) is 29.3 Å².